The van der Waals surface area contributed by atoms with Gasteiger partial charge in [-0.2, -0.15) is 0 Å². The van der Waals surface area contributed by atoms with Crippen LogP contribution in [0.25, 0.3) is 0 Å². The van der Waals surface area contributed by atoms with Crippen molar-refractivity contribution in [1.82, 2.24) is 10.4 Å². The van der Waals surface area contributed by atoms with E-state index in [1.165, 1.54) is 24.3 Å². The summed E-state index contributed by atoms with van der Waals surface area (Å²) >= 11 is 0. The fraction of sp³-hybridized carbons (Fsp3) is 0.417. The molecule has 1 aromatic rings. The molecule has 0 aromatic heterocycles. The molecule has 1 aliphatic rings. The van der Waals surface area contributed by atoms with Crippen molar-refractivity contribution in [1.29, 1.82) is 0 Å². The lowest BCUT2D eigenvalue weighted by Gasteiger charge is -2.20. The highest BCUT2D eigenvalue weighted by molar-refractivity contribution is 5.77. The van der Waals surface area contributed by atoms with Crippen molar-refractivity contribution in [3.63, 3.8) is 0 Å². The molecule has 2 rings (SSSR count). The highest BCUT2D eigenvalue weighted by Crippen LogP contribution is 2.23. The van der Waals surface area contributed by atoms with Gasteiger partial charge in [0, 0.05) is 19.0 Å². The van der Waals surface area contributed by atoms with E-state index in [0.717, 1.165) is 5.56 Å². The van der Waals surface area contributed by atoms with E-state index in [9.17, 15) is 18.0 Å². The van der Waals surface area contributed by atoms with Crippen molar-refractivity contribution in [2.75, 3.05) is 0 Å². The van der Waals surface area contributed by atoms with Crippen LogP contribution in [0.1, 0.15) is 18.9 Å². The molecule has 1 saturated heterocycles. The molecule has 0 saturated carbocycles. The number of carbonyl (C=O) groups excluding carboxylic acids is 1. The molecule has 1 fully saturated rings. The Morgan fingerprint density at radius 1 is 1.37 bits per heavy atom. The van der Waals surface area contributed by atoms with Crippen LogP contribution >= 0.6 is 0 Å². The third-order valence-electron chi connectivity index (χ3n) is 2.79. The molecule has 0 radical (unpaired) electrons. The predicted molar refractivity (Wildman–Crippen MR) is 60.9 cm³/mol. The predicted octanol–water partition coefficient (Wildman–Crippen LogP) is 2.21. The Labute approximate surface area is 108 Å². The molecule has 19 heavy (non-hydrogen) atoms. The number of carbonyl (C=O) groups is 1. The Morgan fingerprint density at radius 3 is 2.47 bits per heavy atom. The zero-order valence-corrected chi connectivity index (χ0v) is 10.2. The molecule has 1 atom stereocenters. The summed E-state index contributed by atoms with van der Waals surface area (Å²) in [6, 6.07) is 5.66. The number of benzene rings is 1. The minimum Gasteiger partial charge on any atom is -0.406 e. The Balaban J connectivity index is 1.97. The summed E-state index contributed by atoms with van der Waals surface area (Å²) in [5, 5.41) is 1.75. The second kappa shape index (κ2) is 5.08. The number of ether oxygens (including phenoxy) is 1. The molecule has 4 nitrogen and oxygen atoms in total. The number of alkyl halides is 3. The maximum absolute atomic E-state index is 12.0. The van der Waals surface area contributed by atoms with Crippen LogP contribution in [-0.2, 0) is 11.3 Å². The second-order valence-electron chi connectivity index (χ2n) is 4.41. The summed E-state index contributed by atoms with van der Waals surface area (Å²) in [5.41, 5.74) is 3.48. The van der Waals surface area contributed by atoms with Gasteiger partial charge in [-0.05, 0) is 24.6 Å². The molecule has 1 amide bonds. The number of amides is 1. The van der Waals surface area contributed by atoms with Crippen molar-refractivity contribution in [3.8, 4) is 5.75 Å². The highest BCUT2D eigenvalue weighted by Gasteiger charge is 2.31. The average Bonchev–Trinajstić information content (AvgIpc) is 2.58. The summed E-state index contributed by atoms with van der Waals surface area (Å²) in [4.78, 5) is 11.2. The van der Waals surface area contributed by atoms with Crippen molar-refractivity contribution in [2.24, 2.45) is 0 Å². The summed E-state index contributed by atoms with van der Waals surface area (Å²) in [5.74, 6) is -0.306. The largest absolute Gasteiger partial charge is 0.573 e. The van der Waals surface area contributed by atoms with Gasteiger partial charge in [0.1, 0.15) is 5.75 Å². The van der Waals surface area contributed by atoms with Gasteiger partial charge in [0.15, 0.2) is 0 Å². The molecule has 1 aromatic carbocycles. The number of halogens is 3. The first-order chi connectivity index (χ1) is 8.83. The molecule has 1 heterocycles. The second-order valence-corrected chi connectivity index (χ2v) is 4.41. The van der Waals surface area contributed by atoms with Gasteiger partial charge in [0.2, 0.25) is 5.91 Å². The van der Waals surface area contributed by atoms with E-state index in [4.69, 9.17) is 0 Å². The van der Waals surface area contributed by atoms with Crippen molar-refractivity contribution < 1.29 is 22.7 Å². The Bertz CT molecular complexity index is 459. The smallest absolute Gasteiger partial charge is 0.406 e. The zero-order chi connectivity index (χ0) is 14.0. The number of nitrogens with zero attached hydrogens (tertiary/aromatic N) is 1. The summed E-state index contributed by atoms with van der Waals surface area (Å²) in [7, 11) is 0. The van der Waals surface area contributed by atoms with E-state index in [1.54, 1.807) is 5.01 Å². The molecule has 7 heteroatoms. The maximum atomic E-state index is 12.0. The number of hydrogen-bond donors (Lipinski definition) is 1. The molecule has 1 N–H and O–H groups in total. The number of hydrogen-bond acceptors (Lipinski definition) is 3. The molecule has 0 bridgehead atoms. The van der Waals surface area contributed by atoms with Crippen molar-refractivity contribution in [3.05, 3.63) is 29.8 Å². The van der Waals surface area contributed by atoms with Crippen LogP contribution in [0, 0.1) is 0 Å². The van der Waals surface area contributed by atoms with Gasteiger partial charge in [-0.15, -0.1) is 13.2 Å². The molecule has 1 aliphatic heterocycles. The Morgan fingerprint density at radius 2 is 2.00 bits per heavy atom. The van der Waals surface area contributed by atoms with Crippen LogP contribution in [0.3, 0.4) is 0 Å². The Kier molecular flexibility index (Phi) is 3.66. The number of nitrogens with one attached hydrogen (secondary N) is 1. The van der Waals surface area contributed by atoms with Crippen LogP contribution in [0.15, 0.2) is 24.3 Å². The van der Waals surface area contributed by atoms with E-state index in [-0.39, 0.29) is 17.7 Å². The van der Waals surface area contributed by atoms with E-state index in [0.29, 0.717) is 13.0 Å². The van der Waals surface area contributed by atoms with Gasteiger partial charge in [-0.1, -0.05) is 12.1 Å². The van der Waals surface area contributed by atoms with Gasteiger partial charge in [-0.25, -0.2) is 5.01 Å². The molecule has 1 unspecified atom stereocenters. The fourth-order valence-electron chi connectivity index (χ4n) is 1.88. The minimum atomic E-state index is -4.68. The summed E-state index contributed by atoms with van der Waals surface area (Å²) in [6.45, 7) is 2.35. The van der Waals surface area contributed by atoms with Crippen LogP contribution in [0.2, 0.25) is 0 Å². The topological polar surface area (TPSA) is 41.6 Å². The monoisotopic (exact) mass is 274 g/mol. The minimum absolute atomic E-state index is 0.0514. The normalized spacial score (nSPS) is 20.4. The van der Waals surface area contributed by atoms with Gasteiger partial charge in [0.25, 0.3) is 0 Å². The molecular weight excluding hydrogens is 261 g/mol. The molecular formula is C12H13F3N2O2. The summed E-state index contributed by atoms with van der Waals surface area (Å²) < 4.78 is 39.7. The van der Waals surface area contributed by atoms with Gasteiger partial charge < -0.3 is 4.74 Å². The number of rotatable bonds is 3. The SMILES string of the molecule is CC1CC(=O)NN1Cc1ccc(OC(F)(F)F)cc1. The average molecular weight is 274 g/mol. The van der Waals surface area contributed by atoms with E-state index < -0.39 is 6.36 Å². The fourth-order valence-corrected chi connectivity index (χ4v) is 1.88. The van der Waals surface area contributed by atoms with E-state index in [2.05, 4.69) is 10.2 Å². The van der Waals surface area contributed by atoms with Crippen molar-refractivity contribution >= 4 is 5.91 Å². The van der Waals surface area contributed by atoms with Gasteiger partial charge in [-0.3, -0.25) is 10.2 Å². The molecule has 0 aliphatic carbocycles. The number of hydrazine groups is 1. The first-order valence-corrected chi connectivity index (χ1v) is 5.74. The maximum Gasteiger partial charge on any atom is 0.573 e. The quantitative estimate of drug-likeness (QED) is 0.918. The Hall–Kier alpha value is -1.76. The van der Waals surface area contributed by atoms with Crippen LogP contribution in [-0.4, -0.2) is 23.3 Å². The third kappa shape index (κ3) is 3.85. The van der Waals surface area contributed by atoms with Gasteiger partial charge in [0.05, 0.1) is 0 Å². The summed E-state index contributed by atoms with van der Waals surface area (Å²) in [6.07, 6.45) is -4.26. The van der Waals surface area contributed by atoms with Crippen LogP contribution in [0.5, 0.6) is 5.75 Å². The first kappa shape index (κ1) is 13.7. The highest BCUT2D eigenvalue weighted by atomic mass is 19.4. The molecule has 0 spiro atoms. The van der Waals surface area contributed by atoms with Crippen LogP contribution in [0.4, 0.5) is 13.2 Å². The lowest BCUT2D eigenvalue weighted by molar-refractivity contribution is -0.274. The van der Waals surface area contributed by atoms with Crippen LogP contribution < -0.4 is 10.2 Å². The van der Waals surface area contributed by atoms with E-state index >= 15 is 0 Å². The third-order valence-corrected chi connectivity index (χ3v) is 2.79. The lowest BCUT2D eigenvalue weighted by atomic mass is 10.2. The zero-order valence-electron chi connectivity index (χ0n) is 10.2. The molecule has 104 valence electrons. The van der Waals surface area contributed by atoms with Gasteiger partial charge >= 0.3 is 6.36 Å². The van der Waals surface area contributed by atoms with E-state index in [1.807, 2.05) is 6.92 Å². The standard InChI is InChI=1S/C12H13F3N2O2/c1-8-6-11(18)16-17(8)7-9-2-4-10(5-3-9)19-12(13,14)15/h2-5,8H,6-7H2,1H3,(H,16,18). The first-order valence-electron chi connectivity index (χ1n) is 5.74. The lowest BCUT2D eigenvalue weighted by Crippen LogP contribution is -2.36. The van der Waals surface area contributed by atoms with Crippen molar-refractivity contribution in [2.45, 2.75) is 32.3 Å².